The van der Waals surface area contributed by atoms with Crippen LogP contribution in [-0.4, -0.2) is 32.6 Å². The summed E-state index contributed by atoms with van der Waals surface area (Å²) in [5.41, 5.74) is 1.93. The average Bonchev–Trinajstić information content (AvgIpc) is 3.42. The molecule has 1 aromatic carbocycles. The predicted octanol–water partition coefficient (Wildman–Crippen LogP) is 3.45. The lowest BCUT2D eigenvalue weighted by atomic mass is 10.2. The molecule has 4 rings (SSSR count). The Labute approximate surface area is 162 Å². The van der Waals surface area contributed by atoms with Gasteiger partial charge in [0.1, 0.15) is 10.8 Å². The van der Waals surface area contributed by atoms with Gasteiger partial charge >= 0.3 is 0 Å². The molecule has 1 saturated carbocycles. The highest BCUT2D eigenvalue weighted by atomic mass is 32.1. The maximum absolute atomic E-state index is 12.4. The normalized spacial score (nSPS) is 14.2. The van der Waals surface area contributed by atoms with E-state index in [9.17, 15) is 4.79 Å². The summed E-state index contributed by atoms with van der Waals surface area (Å²) < 4.78 is 6.95. The molecule has 0 atom stereocenters. The first-order chi connectivity index (χ1) is 13.2. The molecule has 27 heavy (non-hydrogen) atoms. The summed E-state index contributed by atoms with van der Waals surface area (Å²) in [4.78, 5) is 20.1. The van der Waals surface area contributed by atoms with E-state index >= 15 is 0 Å². The Balaban J connectivity index is 1.49. The molecule has 0 bridgehead atoms. The zero-order valence-corrected chi connectivity index (χ0v) is 16.5. The van der Waals surface area contributed by atoms with E-state index in [1.54, 1.807) is 17.4 Å². The molecule has 0 saturated heterocycles. The van der Waals surface area contributed by atoms with E-state index in [0.29, 0.717) is 24.0 Å². The van der Waals surface area contributed by atoms with Gasteiger partial charge in [0.15, 0.2) is 0 Å². The Bertz CT molecular complexity index is 976. The molecule has 3 aromatic rings. The number of ether oxygens (including phenoxy) is 1. The first kappa shape index (κ1) is 18.1. The molecule has 2 heterocycles. The third-order valence-electron chi connectivity index (χ3n) is 4.71. The SMILES string of the molecule is CCOc1ccc(CN(CC)Cc2cc(=O)n3nc(C4CC4)sc3n2)cc1. The number of nitrogens with zero attached hydrogens (tertiary/aromatic N) is 4. The fourth-order valence-electron chi connectivity index (χ4n) is 3.07. The Morgan fingerprint density at radius 1 is 1.22 bits per heavy atom. The maximum atomic E-state index is 12.4. The molecule has 1 fully saturated rings. The Morgan fingerprint density at radius 3 is 2.67 bits per heavy atom. The van der Waals surface area contributed by atoms with E-state index in [4.69, 9.17) is 9.72 Å². The van der Waals surface area contributed by atoms with Crippen molar-refractivity contribution in [3.63, 3.8) is 0 Å². The quantitative estimate of drug-likeness (QED) is 0.595. The standard InChI is InChI=1S/C20H24N4O2S/c1-3-23(12-14-5-9-17(10-6-14)26-4-2)13-16-11-18(25)24-20(21-16)27-19(22-24)15-7-8-15/h5-6,9-11,15H,3-4,7-8,12-13H2,1-2H3. The molecule has 1 aliphatic carbocycles. The van der Waals surface area contributed by atoms with Gasteiger partial charge < -0.3 is 4.74 Å². The van der Waals surface area contributed by atoms with Crippen LogP contribution in [0.25, 0.3) is 4.96 Å². The minimum absolute atomic E-state index is 0.0877. The molecular weight excluding hydrogens is 360 g/mol. The molecule has 1 aliphatic rings. The smallest absolute Gasteiger partial charge is 0.275 e. The molecule has 142 valence electrons. The summed E-state index contributed by atoms with van der Waals surface area (Å²) in [6, 6.07) is 9.79. The molecular formula is C20H24N4O2S. The van der Waals surface area contributed by atoms with Crippen molar-refractivity contribution in [2.75, 3.05) is 13.2 Å². The van der Waals surface area contributed by atoms with E-state index < -0.39 is 0 Å². The van der Waals surface area contributed by atoms with Gasteiger partial charge in [-0.2, -0.15) is 9.61 Å². The van der Waals surface area contributed by atoms with Crippen molar-refractivity contribution in [1.29, 1.82) is 0 Å². The van der Waals surface area contributed by atoms with Crippen LogP contribution >= 0.6 is 11.3 Å². The Hall–Kier alpha value is -2.25. The average molecular weight is 385 g/mol. The highest BCUT2D eigenvalue weighted by Crippen LogP contribution is 2.41. The maximum Gasteiger partial charge on any atom is 0.275 e. The third-order valence-corrected chi connectivity index (χ3v) is 5.78. The number of aromatic nitrogens is 3. The molecule has 7 heteroatoms. The van der Waals surface area contributed by atoms with Gasteiger partial charge in [0, 0.05) is 25.1 Å². The van der Waals surface area contributed by atoms with Gasteiger partial charge in [-0.05, 0) is 44.0 Å². The van der Waals surface area contributed by atoms with Gasteiger partial charge in [0.05, 0.1) is 12.3 Å². The van der Waals surface area contributed by atoms with E-state index in [1.165, 1.54) is 22.9 Å². The molecule has 0 amide bonds. The first-order valence-electron chi connectivity index (χ1n) is 9.50. The molecule has 0 spiro atoms. The van der Waals surface area contributed by atoms with Crippen molar-refractivity contribution >= 4 is 16.3 Å². The fourth-order valence-corrected chi connectivity index (χ4v) is 4.16. The zero-order chi connectivity index (χ0) is 18.8. The molecule has 0 unspecified atom stereocenters. The summed E-state index contributed by atoms with van der Waals surface area (Å²) in [5.74, 6) is 1.42. The van der Waals surface area contributed by atoms with Crippen LogP contribution in [0.5, 0.6) is 5.75 Å². The first-order valence-corrected chi connectivity index (χ1v) is 10.3. The molecule has 2 aromatic heterocycles. The van der Waals surface area contributed by atoms with E-state index in [2.05, 4.69) is 29.1 Å². The monoisotopic (exact) mass is 384 g/mol. The number of rotatable bonds is 8. The summed E-state index contributed by atoms with van der Waals surface area (Å²) >= 11 is 1.55. The highest BCUT2D eigenvalue weighted by Gasteiger charge is 2.28. The molecule has 6 nitrogen and oxygen atoms in total. The van der Waals surface area contributed by atoms with Crippen molar-refractivity contribution in [3.05, 3.63) is 57.0 Å². The van der Waals surface area contributed by atoms with E-state index in [0.717, 1.165) is 29.5 Å². The summed E-state index contributed by atoms with van der Waals surface area (Å²) in [6.07, 6.45) is 2.35. The molecule has 0 aliphatic heterocycles. The lowest BCUT2D eigenvalue weighted by Crippen LogP contribution is -2.25. The largest absolute Gasteiger partial charge is 0.494 e. The topological polar surface area (TPSA) is 59.7 Å². The van der Waals surface area contributed by atoms with Crippen LogP contribution in [0.15, 0.2) is 35.1 Å². The van der Waals surface area contributed by atoms with Gasteiger partial charge in [-0.1, -0.05) is 30.4 Å². The van der Waals surface area contributed by atoms with Crippen molar-refractivity contribution < 1.29 is 4.74 Å². The van der Waals surface area contributed by atoms with Crippen LogP contribution in [-0.2, 0) is 13.1 Å². The summed E-state index contributed by atoms with van der Waals surface area (Å²) in [5, 5.41) is 5.48. The van der Waals surface area contributed by atoms with Crippen molar-refractivity contribution in [2.45, 2.75) is 45.7 Å². The van der Waals surface area contributed by atoms with Gasteiger partial charge in [0.2, 0.25) is 4.96 Å². The lowest BCUT2D eigenvalue weighted by Gasteiger charge is -2.20. The second kappa shape index (κ2) is 7.78. The number of hydrogen-bond acceptors (Lipinski definition) is 6. The van der Waals surface area contributed by atoms with Crippen LogP contribution in [0, 0.1) is 0 Å². The van der Waals surface area contributed by atoms with Gasteiger partial charge in [0.25, 0.3) is 5.56 Å². The number of hydrogen-bond donors (Lipinski definition) is 0. The summed E-state index contributed by atoms with van der Waals surface area (Å²) in [6.45, 7) is 7.11. The number of benzene rings is 1. The number of fused-ring (bicyclic) bond motifs is 1. The molecule has 0 radical (unpaired) electrons. The van der Waals surface area contributed by atoms with Crippen LogP contribution in [0.3, 0.4) is 0 Å². The second-order valence-electron chi connectivity index (χ2n) is 6.87. The van der Waals surface area contributed by atoms with Gasteiger partial charge in [-0.15, -0.1) is 0 Å². The van der Waals surface area contributed by atoms with Crippen LogP contribution in [0.4, 0.5) is 0 Å². The minimum Gasteiger partial charge on any atom is -0.494 e. The van der Waals surface area contributed by atoms with E-state index in [-0.39, 0.29) is 5.56 Å². The fraction of sp³-hybridized carbons (Fsp3) is 0.450. The zero-order valence-electron chi connectivity index (χ0n) is 15.7. The van der Waals surface area contributed by atoms with Crippen molar-refractivity contribution in [1.82, 2.24) is 19.5 Å². The van der Waals surface area contributed by atoms with Crippen molar-refractivity contribution in [3.8, 4) is 5.75 Å². The van der Waals surface area contributed by atoms with Gasteiger partial charge in [-0.3, -0.25) is 9.69 Å². The Kier molecular flexibility index (Phi) is 5.22. The van der Waals surface area contributed by atoms with Gasteiger partial charge in [-0.25, -0.2) is 4.98 Å². The lowest BCUT2D eigenvalue weighted by molar-refractivity contribution is 0.268. The molecule has 0 N–H and O–H groups in total. The van der Waals surface area contributed by atoms with E-state index in [1.807, 2.05) is 19.1 Å². The van der Waals surface area contributed by atoms with Crippen LogP contribution in [0.2, 0.25) is 0 Å². The Morgan fingerprint density at radius 2 is 2.00 bits per heavy atom. The summed E-state index contributed by atoms with van der Waals surface area (Å²) in [7, 11) is 0. The predicted molar refractivity (Wildman–Crippen MR) is 107 cm³/mol. The van der Waals surface area contributed by atoms with Crippen molar-refractivity contribution in [2.24, 2.45) is 0 Å². The van der Waals surface area contributed by atoms with Crippen LogP contribution < -0.4 is 10.3 Å². The van der Waals surface area contributed by atoms with Crippen LogP contribution in [0.1, 0.15) is 48.9 Å². The second-order valence-corrected chi connectivity index (χ2v) is 7.86. The highest BCUT2D eigenvalue weighted by molar-refractivity contribution is 7.16. The third kappa shape index (κ3) is 4.20. The minimum atomic E-state index is -0.0877.